The van der Waals surface area contributed by atoms with Crippen molar-refractivity contribution in [3.05, 3.63) is 23.5 Å². The minimum atomic E-state index is -0.990. The molecule has 0 aromatic carbocycles. The third-order valence-electron chi connectivity index (χ3n) is 7.05. The molecule has 1 aromatic rings. The number of carboxylic acid groups (broad SMARTS) is 3. The molecule has 0 saturated heterocycles. The molecule has 41 heavy (non-hydrogen) atoms. The maximum atomic E-state index is 11.6. The van der Waals surface area contributed by atoms with Crippen LogP contribution in [0, 0.1) is 39.9 Å². The Hall–Kier alpha value is -1.44. The minimum absolute atomic E-state index is 0. The van der Waals surface area contributed by atoms with Gasteiger partial charge in [-0.2, -0.15) is 0 Å². The van der Waals surface area contributed by atoms with Crippen LogP contribution in [0.3, 0.4) is 0 Å². The van der Waals surface area contributed by atoms with Crippen molar-refractivity contribution in [1.82, 2.24) is 19.7 Å². The molecule has 0 fully saturated rings. The molecule has 0 spiro atoms. The number of carbonyl (C=O) groups is 3. The van der Waals surface area contributed by atoms with E-state index in [9.17, 15) is 29.7 Å². The first-order valence-electron chi connectivity index (χ1n) is 14.7. The number of hydrogen-bond acceptors (Lipinski definition) is 8. The standard InChI is InChI=1S/C29H48N4O7.Gd/c1-2-3-4-5-6-7-8-9-10-11-18-40-26-13-12-24-19-32(22-28(36)37)16-14-31(21-27(34)35)15-17-33(23-29(38)39)20-25(26)30-24;/h12-13H,2-11,14-23H2,1H3,(H,34,35)(H,36,37)(H,38,39);. The summed E-state index contributed by atoms with van der Waals surface area (Å²) in [5.41, 5.74) is 1.26. The molecule has 1 aromatic heterocycles. The molecular formula is C29H48GdN4O7. The fourth-order valence-electron chi connectivity index (χ4n) is 4.92. The van der Waals surface area contributed by atoms with Gasteiger partial charge in [-0.3, -0.25) is 34.1 Å². The molecule has 1 aliphatic rings. The van der Waals surface area contributed by atoms with E-state index in [0.29, 0.717) is 49.9 Å². The Kier molecular flexibility index (Phi) is 20.3. The van der Waals surface area contributed by atoms with Crippen molar-refractivity contribution in [2.24, 2.45) is 0 Å². The maximum absolute atomic E-state index is 11.6. The topological polar surface area (TPSA) is 144 Å². The average molecular weight is 722 g/mol. The fourth-order valence-corrected chi connectivity index (χ4v) is 4.92. The van der Waals surface area contributed by atoms with E-state index in [1.54, 1.807) is 14.7 Å². The van der Waals surface area contributed by atoms with E-state index in [0.717, 1.165) is 12.8 Å². The molecule has 0 radical (unpaired) electrons. The maximum Gasteiger partial charge on any atom is 0.317 e. The molecule has 0 saturated carbocycles. The normalized spacial score (nSPS) is 15.3. The zero-order valence-electron chi connectivity index (χ0n) is 24.4. The Balaban J connectivity index is 0.00000840. The number of aliphatic carboxylic acids is 3. The second kappa shape index (κ2) is 22.2. The summed E-state index contributed by atoms with van der Waals surface area (Å²) in [5.74, 6) is -2.34. The van der Waals surface area contributed by atoms with Crippen LogP contribution in [0.25, 0.3) is 0 Å². The van der Waals surface area contributed by atoms with Gasteiger partial charge < -0.3 is 20.1 Å². The number of hydrogen-bond donors (Lipinski definition) is 3. The quantitative estimate of drug-likeness (QED) is 0.192. The molecule has 234 valence electrons. The SMILES string of the molecule is CCCCCCCCCCCCOc1ccc2nc1CN(CC(=O)O)CCN(CC(=O)O)CCN(CC(=O)O)C2.[Gd]. The third-order valence-corrected chi connectivity index (χ3v) is 7.05. The molecule has 2 bridgehead atoms. The van der Waals surface area contributed by atoms with E-state index < -0.39 is 17.9 Å². The molecular weight excluding hydrogens is 674 g/mol. The van der Waals surface area contributed by atoms with Gasteiger partial charge in [0, 0.05) is 79.2 Å². The van der Waals surface area contributed by atoms with Crippen LogP contribution in [0.2, 0.25) is 0 Å². The van der Waals surface area contributed by atoms with Gasteiger partial charge in [0.1, 0.15) is 5.75 Å². The van der Waals surface area contributed by atoms with E-state index in [-0.39, 0.29) is 72.7 Å². The smallest absolute Gasteiger partial charge is 0.317 e. The summed E-state index contributed by atoms with van der Waals surface area (Å²) in [7, 11) is 0. The van der Waals surface area contributed by atoms with Crippen LogP contribution in [-0.2, 0) is 27.5 Å². The molecule has 1 aliphatic heterocycles. The van der Waals surface area contributed by atoms with Gasteiger partial charge in [-0.05, 0) is 18.6 Å². The number of carboxylic acids is 3. The van der Waals surface area contributed by atoms with Gasteiger partial charge in [0.15, 0.2) is 0 Å². The Morgan fingerprint density at radius 1 is 0.707 bits per heavy atom. The summed E-state index contributed by atoms with van der Waals surface area (Å²) < 4.78 is 6.10. The summed E-state index contributed by atoms with van der Waals surface area (Å²) in [6.45, 7) is 3.99. The largest absolute Gasteiger partial charge is 0.492 e. The minimum Gasteiger partial charge on any atom is -0.492 e. The Bertz CT molecular complexity index is 921. The van der Waals surface area contributed by atoms with Crippen molar-refractivity contribution in [2.75, 3.05) is 52.4 Å². The number of unbranched alkanes of at least 4 members (excludes halogenated alkanes) is 9. The zero-order chi connectivity index (χ0) is 29.2. The van der Waals surface area contributed by atoms with Crippen molar-refractivity contribution < 1.29 is 74.4 Å². The summed E-state index contributed by atoms with van der Waals surface area (Å²) in [6.07, 6.45) is 12.3. The van der Waals surface area contributed by atoms with Crippen molar-refractivity contribution in [3.63, 3.8) is 0 Å². The molecule has 0 amide bonds. The first-order chi connectivity index (χ1) is 19.3. The van der Waals surface area contributed by atoms with Crippen LogP contribution in [0.1, 0.15) is 82.5 Å². The van der Waals surface area contributed by atoms with Gasteiger partial charge in [-0.25, -0.2) is 0 Å². The first-order valence-corrected chi connectivity index (χ1v) is 14.7. The molecule has 2 heterocycles. The van der Waals surface area contributed by atoms with E-state index in [1.165, 1.54) is 51.4 Å². The molecule has 0 unspecified atom stereocenters. The summed E-state index contributed by atoms with van der Waals surface area (Å²) in [5, 5.41) is 28.2. The Labute approximate surface area is 276 Å². The molecule has 0 aliphatic carbocycles. The molecule has 12 heteroatoms. The molecule has 3 N–H and O–H groups in total. The zero-order valence-corrected chi connectivity index (χ0v) is 26.7. The molecule has 2 rings (SSSR count). The second-order valence-electron chi connectivity index (χ2n) is 10.7. The van der Waals surface area contributed by atoms with Gasteiger partial charge in [-0.1, -0.05) is 64.7 Å². The van der Waals surface area contributed by atoms with Crippen LogP contribution < -0.4 is 4.74 Å². The van der Waals surface area contributed by atoms with Crippen LogP contribution in [0.4, 0.5) is 0 Å². The van der Waals surface area contributed by atoms with E-state index in [4.69, 9.17) is 9.72 Å². The van der Waals surface area contributed by atoms with Gasteiger partial charge >= 0.3 is 17.9 Å². The summed E-state index contributed by atoms with van der Waals surface area (Å²) >= 11 is 0. The number of pyridine rings is 1. The van der Waals surface area contributed by atoms with Crippen LogP contribution in [0.5, 0.6) is 5.75 Å². The van der Waals surface area contributed by atoms with Crippen molar-refractivity contribution in [3.8, 4) is 5.75 Å². The number of rotatable bonds is 18. The number of fused-ring (bicyclic) bond motifs is 2. The van der Waals surface area contributed by atoms with Gasteiger partial charge in [0.2, 0.25) is 0 Å². The van der Waals surface area contributed by atoms with E-state index >= 15 is 0 Å². The van der Waals surface area contributed by atoms with Crippen LogP contribution >= 0.6 is 0 Å². The predicted octanol–water partition coefficient (Wildman–Crippen LogP) is 3.55. The predicted molar refractivity (Wildman–Crippen MR) is 151 cm³/mol. The molecule has 0 atom stereocenters. The monoisotopic (exact) mass is 722 g/mol. The van der Waals surface area contributed by atoms with Gasteiger partial charge in [0.25, 0.3) is 0 Å². The van der Waals surface area contributed by atoms with Crippen LogP contribution in [-0.4, -0.2) is 105 Å². The first kappa shape index (κ1) is 37.6. The summed E-state index contributed by atoms with van der Waals surface area (Å²) in [6, 6.07) is 3.66. The number of ether oxygens (including phenoxy) is 1. The van der Waals surface area contributed by atoms with Gasteiger partial charge in [-0.15, -0.1) is 0 Å². The van der Waals surface area contributed by atoms with E-state index in [2.05, 4.69) is 6.92 Å². The van der Waals surface area contributed by atoms with Crippen molar-refractivity contribution in [2.45, 2.75) is 84.2 Å². The fraction of sp³-hybridized carbons (Fsp3) is 0.724. The van der Waals surface area contributed by atoms with Gasteiger partial charge in [0.05, 0.1) is 37.6 Å². The Morgan fingerprint density at radius 2 is 1.17 bits per heavy atom. The summed E-state index contributed by atoms with van der Waals surface area (Å²) in [4.78, 5) is 44.4. The molecule has 11 nitrogen and oxygen atoms in total. The van der Waals surface area contributed by atoms with Crippen molar-refractivity contribution in [1.29, 1.82) is 0 Å². The number of aromatic nitrogens is 1. The number of nitrogens with zero attached hydrogens (tertiary/aromatic N) is 4. The average Bonchev–Trinajstić information content (AvgIpc) is 2.88. The van der Waals surface area contributed by atoms with E-state index in [1.807, 2.05) is 12.1 Å². The third kappa shape index (κ3) is 17.3. The second-order valence-corrected chi connectivity index (χ2v) is 10.7. The van der Waals surface area contributed by atoms with Crippen molar-refractivity contribution >= 4 is 17.9 Å². The Morgan fingerprint density at radius 3 is 1.71 bits per heavy atom. The van der Waals surface area contributed by atoms with Crippen LogP contribution in [0.15, 0.2) is 12.1 Å².